The maximum absolute atomic E-state index is 13.6. The van der Waals surface area contributed by atoms with Crippen molar-refractivity contribution in [2.75, 3.05) is 18.4 Å². The molecule has 2 heterocycles. The van der Waals surface area contributed by atoms with E-state index in [-0.39, 0.29) is 11.4 Å². The van der Waals surface area contributed by atoms with Crippen molar-refractivity contribution in [1.29, 1.82) is 0 Å². The quantitative estimate of drug-likeness (QED) is 0.0505. The van der Waals surface area contributed by atoms with E-state index in [4.69, 9.17) is 9.72 Å². The van der Waals surface area contributed by atoms with E-state index in [1.165, 1.54) is 0 Å². The number of ether oxygens (including phenoxy) is 1. The Morgan fingerprint density at radius 2 is 1.37 bits per heavy atom. The molecule has 0 unspecified atom stereocenters. The number of imidazole rings is 1. The molecular weight excluding hydrogens is 799 g/mol. The Hall–Kier alpha value is -6.57. The zero-order valence-corrected chi connectivity index (χ0v) is 36.7. The highest BCUT2D eigenvalue weighted by Gasteiger charge is 2.40. The van der Waals surface area contributed by atoms with Crippen molar-refractivity contribution in [2.45, 2.75) is 76.6 Å². The number of fused-ring (bicyclic) bond motifs is 1. The Morgan fingerprint density at radius 1 is 0.790 bits per heavy atom. The minimum atomic E-state index is -4.17. The van der Waals surface area contributed by atoms with Crippen LogP contribution in [0.15, 0.2) is 145 Å². The van der Waals surface area contributed by atoms with Crippen LogP contribution in [0.4, 0.5) is 5.95 Å². The molecule has 0 aliphatic heterocycles. The van der Waals surface area contributed by atoms with E-state index < -0.39 is 39.1 Å². The van der Waals surface area contributed by atoms with Gasteiger partial charge < -0.3 is 15.4 Å². The van der Waals surface area contributed by atoms with E-state index >= 15 is 0 Å². The van der Waals surface area contributed by atoms with Crippen LogP contribution in [0.1, 0.15) is 70.9 Å². The summed E-state index contributed by atoms with van der Waals surface area (Å²) in [6.07, 6.45) is 6.28. The maximum Gasteiger partial charge on any atom is 0.326 e. The Bertz CT molecular complexity index is 2660. The van der Waals surface area contributed by atoms with Gasteiger partial charge in [-0.1, -0.05) is 109 Å². The summed E-state index contributed by atoms with van der Waals surface area (Å²) in [5.41, 5.74) is 4.92. The third-order valence-corrected chi connectivity index (χ3v) is 12.4. The van der Waals surface area contributed by atoms with Gasteiger partial charge in [-0.2, -0.15) is 9.82 Å². The predicted molar refractivity (Wildman–Crippen MR) is 243 cm³/mol. The minimum Gasteiger partial charge on any atom is -0.459 e. The number of nitrogens with one attached hydrogen (secondary N) is 3. The van der Waals surface area contributed by atoms with E-state index in [0.29, 0.717) is 29.8 Å². The van der Waals surface area contributed by atoms with Gasteiger partial charge in [-0.15, -0.1) is 0 Å². The topological polar surface area (TPSA) is 149 Å². The molecule has 2 aromatic heterocycles. The number of esters is 1. The molecule has 62 heavy (non-hydrogen) atoms. The lowest BCUT2D eigenvalue weighted by atomic mass is 9.76. The second kappa shape index (κ2) is 18.2. The highest BCUT2D eigenvalue weighted by Crippen LogP contribution is 2.42. The molecule has 0 aliphatic rings. The molecule has 5 aromatic carbocycles. The maximum atomic E-state index is 13.6. The summed E-state index contributed by atoms with van der Waals surface area (Å²) in [5.74, 6) is -0.557. The lowest BCUT2D eigenvalue weighted by Crippen LogP contribution is -2.50. The van der Waals surface area contributed by atoms with E-state index in [2.05, 4.69) is 97.8 Å². The van der Waals surface area contributed by atoms with Gasteiger partial charge in [-0.25, -0.2) is 13.4 Å². The summed E-state index contributed by atoms with van der Waals surface area (Å²) < 4.78 is 39.5. The fourth-order valence-electron chi connectivity index (χ4n) is 8.18. The van der Waals surface area contributed by atoms with Crippen LogP contribution >= 0.6 is 0 Å². The van der Waals surface area contributed by atoms with Crippen molar-refractivity contribution in [3.05, 3.63) is 179 Å². The van der Waals surface area contributed by atoms with E-state index in [1.807, 2.05) is 48.3 Å². The van der Waals surface area contributed by atoms with Crippen molar-refractivity contribution in [3.63, 3.8) is 0 Å². The molecule has 320 valence electrons. The van der Waals surface area contributed by atoms with Gasteiger partial charge in [0.25, 0.3) is 5.91 Å². The average Bonchev–Trinajstić information content (AvgIpc) is 3.88. The molecule has 12 nitrogen and oxygen atoms in total. The van der Waals surface area contributed by atoms with Crippen LogP contribution in [-0.2, 0) is 31.6 Å². The molecule has 1 amide bonds. The Labute approximate surface area is 363 Å². The number of amides is 1. The number of benzene rings is 5. The van der Waals surface area contributed by atoms with Crippen LogP contribution < -0.4 is 15.4 Å². The molecule has 3 N–H and O–H groups in total. The standard InChI is InChI=1S/C49H53N7O5S/c1-34-29-35(2)44(36(3)30-34)62(59,60)54-42(46(58)61-48(4,5)6)33-52-45(57)37-23-24-43-38(31-37)32-53-56(43)27-16-25-50-47-51-26-28-55(47)49(39-17-10-7-11-18-39,40-19-12-8-13-20-40)41-21-14-9-15-22-41/h7-15,17-24,26,28-32,42,54H,16,25,27,33H2,1-6H3,(H,50,51)(H,52,57)/t42-/m0/s1. The molecular formula is C49H53N7O5S. The van der Waals surface area contributed by atoms with Crippen LogP contribution in [0.5, 0.6) is 0 Å². The lowest BCUT2D eigenvalue weighted by molar-refractivity contribution is -0.156. The van der Waals surface area contributed by atoms with Crippen molar-refractivity contribution < 1.29 is 22.7 Å². The molecule has 0 spiro atoms. The van der Waals surface area contributed by atoms with E-state index in [0.717, 1.165) is 45.5 Å². The van der Waals surface area contributed by atoms with Crippen molar-refractivity contribution >= 4 is 38.8 Å². The number of hydrogen-bond donors (Lipinski definition) is 3. The fourth-order valence-corrected chi connectivity index (χ4v) is 9.81. The molecule has 13 heteroatoms. The lowest BCUT2D eigenvalue weighted by Gasteiger charge is -2.38. The summed E-state index contributed by atoms with van der Waals surface area (Å²) in [7, 11) is -4.17. The van der Waals surface area contributed by atoms with Crippen LogP contribution in [0.3, 0.4) is 0 Å². The van der Waals surface area contributed by atoms with Crippen molar-refractivity contribution in [3.8, 4) is 0 Å². The minimum absolute atomic E-state index is 0.0868. The summed E-state index contributed by atoms with van der Waals surface area (Å²) in [6, 6.07) is 38.8. The monoisotopic (exact) mass is 851 g/mol. The molecule has 7 aromatic rings. The van der Waals surface area contributed by atoms with E-state index in [9.17, 15) is 18.0 Å². The number of carbonyl (C=O) groups is 2. The van der Waals surface area contributed by atoms with Crippen LogP contribution in [-0.4, -0.2) is 64.4 Å². The molecule has 1 atom stereocenters. The smallest absolute Gasteiger partial charge is 0.326 e. The number of hydrogen-bond acceptors (Lipinski definition) is 8. The number of anilines is 1. The third-order valence-electron chi connectivity index (χ3n) is 10.6. The number of carbonyl (C=O) groups excluding carboxylic acids is 2. The number of sulfonamides is 1. The van der Waals surface area contributed by atoms with Gasteiger partial charge in [-0.05, 0) is 94.0 Å². The second-order valence-corrected chi connectivity index (χ2v) is 18.1. The van der Waals surface area contributed by atoms with Gasteiger partial charge in [0, 0.05) is 43.0 Å². The number of rotatable bonds is 16. The average molecular weight is 852 g/mol. The first-order valence-corrected chi connectivity index (χ1v) is 22.2. The molecule has 0 fully saturated rings. The first-order chi connectivity index (χ1) is 29.7. The zero-order valence-electron chi connectivity index (χ0n) is 35.9. The molecule has 0 saturated heterocycles. The second-order valence-electron chi connectivity index (χ2n) is 16.5. The first kappa shape index (κ1) is 43.5. The SMILES string of the molecule is Cc1cc(C)c(S(=O)(=O)N[C@@H](CNC(=O)c2ccc3c(cnn3CCCNc3nccn3C(c3ccccc3)(c3ccccc3)c3ccccc3)c2)C(=O)OC(C)(C)C)c(C)c1. The van der Waals surface area contributed by atoms with Gasteiger partial charge >= 0.3 is 5.97 Å². The summed E-state index contributed by atoms with van der Waals surface area (Å²) in [4.78, 5) is 31.7. The zero-order chi connectivity index (χ0) is 44.1. The number of aromatic nitrogens is 4. The summed E-state index contributed by atoms with van der Waals surface area (Å²) in [6.45, 7) is 11.3. The highest BCUT2D eigenvalue weighted by molar-refractivity contribution is 7.89. The van der Waals surface area contributed by atoms with Crippen LogP contribution in [0.2, 0.25) is 0 Å². The number of aryl methyl sites for hydroxylation is 4. The Kier molecular flexibility index (Phi) is 12.8. The molecule has 0 aliphatic carbocycles. The van der Waals surface area contributed by atoms with Crippen LogP contribution in [0.25, 0.3) is 10.9 Å². The molecule has 7 rings (SSSR count). The summed E-state index contributed by atoms with van der Waals surface area (Å²) in [5, 5.41) is 11.7. The predicted octanol–water partition coefficient (Wildman–Crippen LogP) is 7.92. The fraction of sp³-hybridized carbons (Fsp3) is 0.265. The molecule has 0 radical (unpaired) electrons. The van der Waals surface area contributed by atoms with Gasteiger partial charge in [0.2, 0.25) is 16.0 Å². The van der Waals surface area contributed by atoms with Crippen molar-refractivity contribution in [1.82, 2.24) is 29.4 Å². The Morgan fingerprint density at radius 3 is 1.94 bits per heavy atom. The highest BCUT2D eigenvalue weighted by atomic mass is 32.2. The Balaban J connectivity index is 1.04. The van der Waals surface area contributed by atoms with Gasteiger partial charge in [0.1, 0.15) is 17.2 Å². The molecule has 0 bridgehead atoms. The largest absolute Gasteiger partial charge is 0.459 e. The summed E-state index contributed by atoms with van der Waals surface area (Å²) >= 11 is 0. The van der Waals surface area contributed by atoms with Gasteiger partial charge in [0.05, 0.1) is 16.6 Å². The van der Waals surface area contributed by atoms with Gasteiger partial charge in [0.15, 0.2) is 0 Å². The molecule has 0 saturated carbocycles. The number of nitrogens with zero attached hydrogens (tertiary/aromatic N) is 4. The first-order valence-electron chi connectivity index (χ1n) is 20.7. The van der Waals surface area contributed by atoms with E-state index in [1.54, 1.807) is 65.1 Å². The van der Waals surface area contributed by atoms with Crippen LogP contribution in [0, 0.1) is 20.8 Å². The normalized spacial score (nSPS) is 12.5. The van der Waals surface area contributed by atoms with Crippen molar-refractivity contribution in [2.24, 2.45) is 0 Å². The third kappa shape index (κ3) is 9.34. The van der Waals surface area contributed by atoms with Gasteiger partial charge in [-0.3, -0.25) is 18.8 Å².